The van der Waals surface area contributed by atoms with Crippen LogP contribution in [-0.4, -0.2) is 58.0 Å². The molecule has 0 saturated carbocycles. The number of carbonyl (C=O) groups excluding carboxylic acids is 2. The van der Waals surface area contributed by atoms with Crippen LogP contribution in [0.1, 0.15) is 51.0 Å². The number of hydrogen-bond acceptors (Lipinski definition) is 5. The Morgan fingerprint density at radius 3 is 2.43 bits per heavy atom. The molecule has 1 saturated heterocycles. The lowest BCUT2D eigenvalue weighted by Crippen LogP contribution is -2.52. The van der Waals surface area contributed by atoms with Gasteiger partial charge in [-0.2, -0.15) is 9.78 Å². The molecule has 0 spiro atoms. The number of amides is 1. The summed E-state index contributed by atoms with van der Waals surface area (Å²) in [6, 6.07) is 1.30. The molecule has 2 rings (SSSR count). The SMILES string of the molecule is CNC1(C)CCN(C(=O)n2ccc(C(=O)OC(C)(C)C)n2)CC1. The van der Waals surface area contributed by atoms with E-state index in [-0.39, 0.29) is 17.3 Å². The van der Waals surface area contributed by atoms with E-state index in [0.29, 0.717) is 13.1 Å². The van der Waals surface area contributed by atoms with Gasteiger partial charge in [0.1, 0.15) is 5.60 Å². The summed E-state index contributed by atoms with van der Waals surface area (Å²) in [5, 5.41) is 7.36. The Bertz CT molecular complexity index is 580. The van der Waals surface area contributed by atoms with Gasteiger partial charge in [0.2, 0.25) is 0 Å². The van der Waals surface area contributed by atoms with Crippen molar-refractivity contribution in [3.8, 4) is 0 Å². The highest BCUT2D eigenvalue weighted by molar-refractivity contribution is 5.88. The Balaban J connectivity index is 2.01. The van der Waals surface area contributed by atoms with Gasteiger partial charge in [0, 0.05) is 24.8 Å². The zero-order valence-electron chi connectivity index (χ0n) is 14.5. The first kappa shape index (κ1) is 17.5. The van der Waals surface area contributed by atoms with Crippen molar-refractivity contribution >= 4 is 12.0 Å². The van der Waals surface area contributed by atoms with Crippen molar-refractivity contribution in [2.75, 3.05) is 20.1 Å². The fraction of sp³-hybridized carbons (Fsp3) is 0.688. The smallest absolute Gasteiger partial charge is 0.359 e. The second-order valence-electron chi connectivity index (χ2n) is 7.23. The molecule has 0 atom stereocenters. The predicted molar refractivity (Wildman–Crippen MR) is 86.5 cm³/mol. The van der Waals surface area contributed by atoms with E-state index < -0.39 is 11.6 Å². The summed E-state index contributed by atoms with van der Waals surface area (Å²) in [5.41, 5.74) is -0.372. The summed E-state index contributed by atoms with van der Waals surface area (Å²) in [5.74, 6) is -0.523. The molecule has 23 heavy (non-hydrogen) atoms. The zero-order valence-corrected chi connectivity index (χ0v) is 14.5. The van der Waals surface area contributed by atoms with Crippen LogP contribution in [0.15, 0.2) is 12.3 Å². The Morgan fingerprint density at radius 1 is 1.30 bits per heavy atom. The second-order valence-corrected chi connectivity index (χ2v) is 7.23. The minimum atomic E-state index is -0.588. The van der Waals surface area contributed by atoms with Crippen molar-refractivity contribution in [1.82, 2.24) is 20.0 Å². The van der Waals surface area contributed by atoms with Gasteiger partial charge in [-0.15, -0.1) is 0 Å². The quantitative estimate of drug-likeness (QED) is 0.841. The van der Waals surface area contributed by atoms with Crippen molar-refractivity contribution in [2.45, 2.75) is 51.7 Å². The van der Waals surface area contributed by atoms with Gasteiger partial charge in [0.05, 0.1) is 0 Å². The van der Waals surface area contributed by atoms with Crippen LogP contribution >= 0.6 is 0 Å². The Labute approximate surface area is 137 Å². The number of aromatic nitrogens is 2. The summed E-state index contributed by atoms with van der Waals surface area (Å²) in [7, 11) is 1.94. The van der Waals surface area contributed by atoms with E-state index in [1.165, 1.54) is 16.9 Å². The first-order valence-electron chi connectivity index (χ1n) is 7.91. The molecule has 7 nitrogen and oxygen atoms in total. The standard InChI is InChI=1S/C16H26N4O3/c1-15(2,3)23-13(21)12-6-9-20(18-12)14(22)19-10-7-16(4,17-5)8-11-19/h6,9,17H,7-8,10-11H2,1-5H3. The van der Waals surface area contributed by atoms with Crippen molar-refractivity contribution < 1.29 is 14.3 Å². The molecular weight excluding hydrogens is 296 g/mol. The van der Waals surface area contributed by atoms with E-state index in [0.717, 1.165) is 12.8 Å². The molecule has 1 amide bonds. The van der Waals surface area contributed by atoms with Gasteiger partial charge in [0.15, 0.2) is 5.69 Å². The molecule has 128 valence electrons. The number of rotatable bonds is 2. The van der Waals surface area contributed by atoms with Crippen LogP contribution in [0.5, 0.6) is 0 Å². The summed E-state index contributed by atoms with van der Waals surface area (Å²) in [6.07, 6.45) is 3.28. The van der Waals surface area contributed by atoms with Gasteiger partial charge in [-0.3, -0.25) is 0 Å². The highest BCUT2D eigenvalue weighted by atomic mass is 16.6. The Morgan fingerprint density at radius 2 is 1.91 bits per heavy atom. The van der Waals surface area contributed by atoms with E-state index >= 15 is 0 Å². The summed E-state index contributed by atoms with van der Waals surface area (Å²) in [4.78, 5) is 26.2. The zero-order chi connectivity index (χ0) is 17.3. The van der Waals surface area contributed by atoms with Crippen LogP contribution in [0.3, 0.4) is 0 Å². The molecule has 0 aromatic carbocycles. The molecule has 0 aliphatic carbocycles. The molecule has 1 fully saturated rings. The van der Waals surface area contributed by atoms with E-state index in [2.05, 4.69) is 17.3 Å². The van der Waals surface area contributed by atoms with Gasteiger partial charge in [-0.1, -0.05) is 0 Å². The second kappa shape index (κ2) is 6.31. The minimum absolute atomic E-state index is 0.0720. The molecule has 1 aliphatic rings. The molecule has 0 radical (unpaired) electrons. The van der Waals surface area contributed by atoms with E-state index in [9.17, 15) is 9.59 Å². The minimum Gasteiger partial charge on any atom is -0.455 e. The number of likely N-dealkylation sites (tertiary alicyclic amines) is 1. The predicted octanol–water partition coefficient (Wildman–Crippen LogP) is 1.88. The molecule has 7 heteroatoms. The number of ether oxygens (including phenoxy) is 1. The molecular formula is C16H26N4O3. The lowest BCUT2D eigenvalue weighted by Gasteiger charge is -2.38. The molecule has 1 N–H and O–H groups in total. The van der Waals surface area contributed by atoms with Gasteiger partial charge in [-0.25, -0.2) is 9.59 Å². The largest absolute Gasteiger partial charge is 0.455 e. The van der Waals surface area contributed by atoms with Crippen molar-refractivity contribution in [2.24, 2.45) is 0 Å². The van der Waals surface area contributed by atoms with Crippen molar-refractivity contribution in [3.63, 3.8) is 0 Å². The van der Waals surface area contributed by atoms with Gasteiger partial charge in [0.25, 0.3) is 0 Å². The molecule has 1 aromatic rings. The number of hydrogen-bond donors (Lipinski definition) is 1. The molecule has 1 aliphatic heterocycles. The first-order valence-corrected chi connectivity index (χ1v) is 7.91. The molecule has 0 bridgehead atoms. The maximum absolute atomic E-state index is 12.5. The van der Waals surface area contributed by atoms with Crippen LogP contribution in [0.2, 0.25) is 0 Å². The highest BCUT2D eigenvalue weighted by Crippen LogP contribution is 2.21. The van der Waals surface area contributed by atoms with Gasteiger partial charge in [-0.05, 0) is 53.7 Å². The molecule has 0 unspecified atom stereocenters. The Kier molecular flexibility index (Phi) is 4.79. The van der Waals surface area contributed by atoms with Crippen LogP contribution in [0.4, 0.5) is 4.79 Å². The summed E-state index contributed by atoms with van der Waals surface area (Å²) in [6.45, 7) is 8.86. The number of esters is 1. The third kappa shape index (κ3) is 4.31. The fourth-order valence-corrected chi connectivity index (χ4v) is 2.46. The van der Waals surface area contributed by atoms with Crippen molar-refractivity contribution in [1.29, 1.82) is 0 Å². The van der Waals surface area contributed by atoms with E-state index in [1.54, 1.807) is 25.7 Å². The third-order valence-electron chi connectivity index (χ3n) is 4.13. The number of piperidine rings is 1. The third-order valence-corrected chi connectivity index (χ3v) is 4.13. The number of carbonyl (C=O) groups is 2. The summed E-state index contributed by atoms with van der Waals surface area (Å²) < 4.78 is 6.47. The maximum atomic E-state index is 12.5. The summed E-state index contributed by atoms with van der Waals surface area (Å²) >= 11 is 0. The van der Waals surface area contributed by atoms with E-state index in [4.69, 9.17) is 4.74 Å². The highest BCUT2D eigenvalue weighted by Gasteiger charge is 2.31. The first-order chi connectivity index (χ1) is 10.6. The van der Waals surface area contributed by atoms with Crippen LogP contribution in [0.25, 0.3) is 0 Å². The average molecular weight is 322 g/mol. The van der Waals surface area contributed by atoms with Crippen LogP contribution < -0.4 is 5.32 Å². The lowest BCUT2D eigenvalue weighted by molar-refractivity contribution is 0.00624. The van der Waals surface area contributed by atoms with Crippen molar-refractivity contribution in [3.05, 3.63) is 18.0 Å². The number of nitrogens with zero attached hydrogens (tertiary/aromatic N) is 3. The maximum Gasteiger partial charge on any atom is 0.359 e. The fourth-order valence-electron chi connectivity index (χ4n) is 2.46. The van der Waals surface area contributed by atoms with E-state index in [1.807, 2.05) is 7.05 Å². The average Bonchev–Trinajstić information content (AvgIpc) is 2.95. The van der Waals surface area contributed by atoms with Crippen LogP contribution in [-0.2, 0) is 4.74 Å². The van der Waals surface area contributed by atoms with Gasteiger partial charge >= 0.3 is 12.0 Å². The topological polar surface area (TPSA) is 76.5 Å². The molecule has 2 heterocycles. The Hall–Kier alpha value is -1.89. The molecule has 1 aromatic heterocycles. The monoisotopic (exact) mass is 322 g/mol. The normalized spacial score (nSPS) is 17.9. The van der Waals surface area contributed by atoms with Gasteiger partial charge < -0.3 is 15.0 Å². The van der Waals surface area contributed by atoms with Crippen LogP contribution in [0, 0.1) is 0 Å². The lowest BCUT2D eigenvalue weighted by atomic mass is 9.90. The number of nitrogens with one attached hydrogen (secondary N) is 1.